The van der Waals surface area contributed by atoms with Crippen molar-refractivity contribution in [3.63, 3.8) is 0 Å². The van der Waals surface area contributed by atoms with Gasteiger partial charge in [0.15, 0.2) is 5.82 Å². The molecule has 0 unspecified atom stereocenters. The van der Waals surface area contributed by atoms with Gasteiger partial charge in [0.25, 0.3) is 0 Å². The predicted molar refractivity (Wildman–Crippen MR) is 160 cm³/mol. The zero-order valence-corrected chi connectivity index (χ0v) is 25.3. The fraction of sp³-hybridized carbons (Fsp3) is 0.606. The highest BCUT2D eigenvalue weighted by Crippen LogP contribution is 2.62. The Morgan fingerprint density at radius 1 is 1.02 bits per heavy atom. The minimum absolute atomic E-state index is 0.0349. The van der Waals surface area contributed by atoms with Crippen LogP contribution in [0.25, 0.3) is 11.3 Å². The third-order valence-electron chi connectivity index (χ3n) is 10.6. The van der Waals surface area contributed by atoms with Crippen LogP contribution < -0.4 is 5.32 Å². The first-order valence-electron chi connectivity index (χ1n) is 15.8. The van der Waals surface area contributed by atoms with Crippen molar-refractivity contribution in [1.82, 2.24) is 15.1 Å². The quantitative estimate of drug-likeness (QED) is 0.254. The Morgan fingerprint density at radius 3 is 2.50 bits per heavy atom. The molecule has 0 radical (unpaired) electrons. The van der Waals surface area contributed by atoms with Crippen molar-refractivity contribution < 1.29 is 18.8 Å². The van der Waals surface area contributed by atoms with Crippen LogP contribution in [-0.4, -0.2) is 33.6 Å². The number of hydrogen-bond donors (Lipinski definition) is 1. The zero-order valence-electron chi connectivity index (χ0n) is 24.5. The Hall–Kier alpha value is -3.07. The number of benzene rings is 1. The van der Waals surface area contributed by atoms with Gasteiger partial charge in [-0.05, 0) is 95.1 Å². The lowest BCUT2D eigenvalue weighted by molar-refractivity contribution is -0.132. The van der Waals surface area contributed by atoms with Crippen LogP contribution in [0.15, 0.2) is 34.2 Å². The van der Waals surface area contributed by atoms with E-state index in [0.29, 0.717) is 23.2 Å². The third kappa shape index (κ3) is 5.18. The number of nitrogens with zero attached hydrogens (tertiary/aromatic N) is 3. The molecule has 0 spiro atoms. The molecule has 222 valence electrons. The molecule has 5 saturated carbocycles. The maximum atomic E-state index is 14.2. The number of fused-ring (bicyclic) bond motifs is 3. The van der Waals surface area contributed by atoms with Gasteiger partial charge >= 0.3 is 5.97 Å². The van der Waals surface area contributed by atoms with E-state index in [4.69, 9.17) is 14.2 Å². The summed E-state index contributed by atoms with van der Waals surface area (Å²) in [5, 5.41) is 9.85. The third-order valence-corrected chi connectivity index (χ3v) is 11.4. The Morgan fingerprint density at radius 2 is 1.79 bits per heavy atom. The van der Waals surface area contributed by atoms with Crippen LogP contribution in [0.3, 0.4) is 0 Å². The molecule has 1 aromatic carbocycles. The number of carbonyl (C=O) groups excluding carboxylic acids is 2. The molecule has 3 aromatic rings. The highest BCUT2D eigenvalue weighted by molar-refractivity contribution is 7.11. The number of anilines is 1. The van der Waals surface area contributed by atoms with Crippen LogP contribution in [0, 0.1) is 10.8 Å². The number of hydrogen-bond acceptors (Lipinski definition) is 8. The molecule has 8 rings (SSSR count). The van der Waals surface area contributed by atoms with Crippen LogP contribution in [0.5, 0.6) is 0 Å². The minimum atomic E-state index is -0.403. The van der Waals surface area contributed by atoms with Gasteiger partial charge in [-0.1, -0.05) is 36.6 Å². The number of esters is 1. The number of amides is 1. The van der Waals surface area contributed by atoms with Crippen molar-refractivity contribution in [3.05, 3.63) is 46.4 Å². The summed E-state index contributed by atoms with van der Waals surface area (Å²) in [6.07, 6.45) is 15.3. The molecule has 1 N–H and O–H groups in total. The number of aromatic nitrogens is 3. The summed E-state index contributed by atoms with van der Waals surface area (Å²) >= 11 is 1.28. The molecule has 5 fully saturated rings. The fourth-order valence-electron chi connectivity index (χ4n) is 7.95. The van der Waals surface area contributed by atoms with Gasteiger partial charge in [0.2, 0.25) is 16.8 Å². The van der Waals surface area contributed by atoms with E-state index in [1.165, 1.54) is 30.6 Å². The van der Waals surface area contributed by atoms with Crippen molar-refractivity contribution in [3.8, 4) is 11.3 Å². The first-order valence-corrected chi connectivity index (χ1v) is 16.7. The molecule has 42 heavy (non-hydrogen) atoms. The van der Waals surface area contributed by atoms with Gasteiger partial charge in [0.05, 0.1) is 17.7 Å². The number of nitrogens with one attached hydrogen (secondary N) is 1. The molecule has 5 aliphatic rings. The van der Waals surface area contributed by atoms with Gasteiger partial charge in [0, 0.05) is 28.0 Å². The van der Waals surface area contributed by atoms with Crippen LogP contribution in [0.2, 0.25) is 0 Å². The summed E-state index contributed by atoms with van der Waals surface area (Å²) in [5.41, 5.74) is 2.27. The normalized spacial score (nSPS) is 26.6. The highest BCUT2D eigenvalue weighted by Gasteiger charge is 2.56. The maximum Gasteiger partial charge on any atom is 0.367 e. The van der Waals surface area contributed by atoms with Crippen molar-refractivity contribution in [2.24, 2.45) is 10.8 Å². The molecule has 2 aromatic heterocycles. The van der Waals surface area contributed by atoms with Crippen LogP contribution in [0.1, 0.15) is 124 Å². The Kier molecular flexibility index (Phi) is 7.19. The Labute approximate surface area is 251 Å². The lowest BCUT2D eigenvalue weighted by Crippen LogP contribution is -2.49. The SMILES string of the molecule is CCOC(=O)c1nc(-c2cccc(NC(=O)C3(CC45CCC(c6nc(C7CC7)no6)(CC4)CC5)CCCCC3)c2)cs1. The predicted octanol–water partition coefficient (Wildman–Crippen LogP) is 7.82. The lowest BCUT2D eigenvalue weighted by Gasteiger charge is -2.55. The average Bonchev–Trinajstić information content (AvgIpc) is 3.52. The van der Waals surface area contributed by atoms with Crippen molar-refractivity contribution in [2.45, 2.75) is 108 Å². The molecule has 0 aliphatic heterocycles. The average molecular weight is 589 g/mol. The molecule has 9 heteroatoms. The van der Waals surface area contributed by atoms with Crippen LogP contribution >= 0.6 is 11.3 Å². The number of ether oxygens (including phenoxy) is 1. The largest absolute Gasteiger partial charge is 0.461 e. The smallest absolute Gasteiger partial charge is 0.367 e. The summed E-state index contributed by atoms with van der Waals surface area (Å²) in [6, 6.07) is 7.81. The summed E-state index contributed by atoms with van der Waals surface area (Å²) < 4.78 is 10.9. The standard InChI is InChI=1S/C33H40N4O4S/c1-2-40-28(38)27-35-25(20-42-27)23-7-6-8-24(19-23)34-29(39)33(11-4-3-5-12-33)21-31-13-16-32(17-14-31,18-15-31)30-36-26(37-41-30)22-9-10-22/h6-8,19-20,22H,2-5,9-18,21H2,1H3,(H,34,39). The second-order valence-electron chi connectivity index (χ2n) is 13.3. The molecule has 2 bridgehead atoms. The van der Waals surface area contributed by atoms with E-state index in [1.54, 1.807) is 6.92 Å². The van der Waals surface area contributed by atoms with Crippen molar-refractivity contribution in [2.75, 3.05) is 11.9 Å². The van der Waals surface area contributed by atoms with E-state index in [0.717, 1.165) is 93.6 Å². The van der Waals surface area contributed by atoms with E-state index >= 15 is 0 Å². The Balaban J connectivity index is 1.06. The van der Waals surface area contributed by atoms with Gasteiger partial charge in [-0.2, -0.15) is 4.98 Å². The summed E-state index contributed by atoms with van der Waals surface area (Å²) in [6.45, 7) is 2.10. The molecule has 8 nitrogen and oxygen atoms in total. The minimum Gasteiger partial charge on any atom is -0.461 e. The van der Waals surface area contributed by atoms with Crippen LogP contribution in [-0.2, 0) is 14.9 Å². The number of thiazole rings is 1. The number of carbonyl (C=O) groups is 2. The molecule has 0 saturated heterocycles. The van der Waals surface area contributed by atoms with Gasteiger partial charge in [-0.25, -0.2) is 9.78 Å². The summed E-state index contributed by atoms with van der Waals surface area (Å²) in [5.74, 6) is 2.06. The maximum absolute atomic E-state index is 14.2. The monoisotopic (exact) mass is 588 g/mol. The summed E-state index contributed by atoms with van der Waals surface area (Å²) in [7, 11) is 0. The molecule has 5 aliphatic carbocycles. The van der Waals surface area contributed by atoms with Crippen LogP contribution in [0.4, 0.5) is 5.69 Å². The van der Waals surface area contributed by atoms with Crippen molar-refractivity contribution in [1.29, 1.82) is 0 Å². The molecule has 0 atom stereocenters. The first kappa shape index (κ1) is 27.7. The van der Waals surface area contributed by atoms with E-state index < -0.39 is 5.97 Å². The topological polar surface area (TPSA) is 107 Å². The fourth-order valence-corrected chi connectivity index (χ4v) is 8.67. The van der Waals surface area contributed by atoms with Gasteiger partial charge in [0.1, 0.15) is 0 Å². The molecule has 1 amide bonds. The molecular weight excluding hydrogens is 548 g/mol. The van der Waals surface area contributed by atoms with E-state index in [2.05, 4.69) is 15.5 Å². The van der Waals surface area contributed by atoms with Gasteiger partial charge < -0.3 is 14.6 Å². The van der Waals surface area contributed by atoms with Crippen molar-refractivity contribution >= 4 is 28.9 Å². The summed E-state index contributed by atoms with van der Waals surface area (Å²) in [4.78, 5) is 35.6. The highest BCUT2D eigenvalue weighted by atomic mass is 32.1. The lowest BCUT2D eigenvalue weighted by atomic mass is 9.49. The molecular formula is C33H40N4O4S. The molecule has 2 heterocycles. The van der Waals surface area contributed by atoms with E-state index in [-0.39, 0.29) is 22.2 Å². The van der Waals surface area contributed by atoms with Gasteiger partial charge in [-0.15, -0.1) is 11.3 Å². The second-order valence-corrected chi connectivity index (χ2v) is 14.2. The van der Waals surface area contributed by atoms with Gasteiger partial charge in [-0.3, -0.25) is 4.79 Å². The first-order chi connectivity index (χ1) is 20.4. The zero-order chi connectivity index (χ0) is 28.8. The second kappa shape index (κ2) is 10.9. The Bertz CT molecular complexity index is 1440. The van der Waals surface area contributed by atoms with E-state index in [9.17, 15) is 9.59 Å². The number of rotatable bonds is 9. The van der Waals surface area contributed by atoms with E-state index in [1.807, 2.05) is 29.6 Å².